The Morgan fingerprint density at radius 1 is 1.19 bits per heavy atom. The van der Waals surface area contributed by atoms with E-state index in [-0.39, 0.29) is 42.8 Å². The second kappa shape index (κ2) is 9.72. The zero-order valence-electron chi connectivity index (χ0n) is 19.0. The van der Waals surface area contributed by atoms with E-state index in [9.17, 15) is 14.4 Å². The summed E-state index contributed by atoms with van der Waals surface area (Å²) in [5.74, 6) is 0.246. The summed E-state index contributed by atoms with van der Waals surface area (Å²) in [7, 11) is 3.08. The number of methoxy groups -OCH3 is 1. The van der Waals surface area contributed by atoms with Crippen LogP contribution in [0.2, 0.25) is 0 Å². The Morgan fingerprint density at radius 2 is 1.91 bits per heavy atom. The molecule has 0 radical (unpaired) electrons. The number of anilines is 2. The Balaban J connectivity index is 1.79. The first-order valence-corrected chi connectivity index (χ1v) is 10.5. The van der Waals surface area contributed by atoms with Crippen LogP contribution in [-0.2, 0) is 9.59 Å². The average Bonchev–Trinajstić information content (AvgIpc) is 2.87. The second-order valence-electron chi connectivity index (χ2n) is 8.08. The van der Waals surface area contributed by atoms with E-state index in [1.165, 1.54) is 12.0 Å². The zero-order chi connectivity index (χ0) is 23.4. The molecule has 0 aliphatic carbocycles. The number of carbonyl (C=O) groups is 3. The van der Waals surface area contributed by atoms with Gasteiger partial charge in [0.05, 0.1) is 24.6 Å². The summed E-state index contributed by atoms with van der Waals surface area (Å²) in [6.45, 7) is 5.49. The third-order valence-corrected chi connectivity index (χ3v) is 5.12. The molecule has 1 aliphatic heterocycles. The van der Waals surface area contributed by atoms with Gasteiger partial charge in [0.15, 0.2) is 11.5 Å². The molecule has 1 heterocycles. The third kappa shape index (κ3) is 5.01. The van der Waals surface area contributed by atoms with Crippen LogP contribution in [0.1, 0.15) is 37.6 Å². The number of ether oxygens (including phenoxy) is 2. The lowest BCUT2D eigenvalue weighted by Gasteiger charge is -2.29. The maximum atomic E-state index is 13.2. The Hall–Kier alpha value is -3.55. The van der Waals surface area contributed by atoms with E-state index in [2.05, 4.69) is 5.32 Å². The van der Waals surface area contributed by atoms with Gasteiger partial charge in [-0.1, -0.05) is 12.1 Å². The number of hydrogen-bond donors (Lipinski definition) is 1. The number of benzene rings is 2. The van der Waals surface area contributed by atoms with Crippen molar-refractivity contribution in [2.45, 2.75) is 39.3 Å². The van der Waals surface area contributed by atoms with Crippen molar-refractivity contribution in [1.29, 1.82) is 0 Å². The van der Waals surface area contributed by atoms with Gasteiger partial charge >= 0.3 is 0 Å². The maximum absolute atomic E-state index is 13.2. The van der Waals surface area contributed by atoms with Crippen molar-refractivity contribution >= 4 is 29.1 Å². The fraction of sp³-hybridized carbons (Fsp3) is 0.375. The number of likely N-dealkylation sites (N-methyl/N-ethyl adjacent to an activating group) is 1. The van der Waals surface area contributed by atoms with Crippen molar-refractivity contribution in [2.75, 3.05) is 30.9 Å². The fourth-order valence-electron chi connectivity index (χ4n) is 3.69. The molecule has 1 atom stereocenters. The van der Waals surface area contributed by atoms with Gasteiger partial charge in [-0.15, -0.1) is 0 Å². The Bertz CT molecular complexity index is 1020. The lowest BCUT2D eigenvalue weighted by atomic mass is 10.1. The Morgan fingerprint density at radius 3 is 2.59 bits per heavy atom. The zero-order valence-corrected chi connectivity index (χ0v) is 19.0. The molecule has 0 saturated heterocycles. The lowest BCUT2D eigenvalue weighted by Crippen LogP contribution is -2.45. The molecule has 0 unspecified atom stereocenters. The minimum absolute atomic E-state index is 0.0365. The van der Waals surface area contributed by atoms with E-state index in [1.807, 2.05) is 26.8 Å². The summed E-state index contributed by atoms with van der Waals surface area (Å²) < 4.78 is 11.1. The highest BCUT2D eigenvalue weighted by atomic mass is 16.5. The number of amides is 3. The van der Waals surface area contributed by atoms with Crippen molar-refractivity contribution in [2.24, 2.45) is 0 Å². The minimum Gasteiger partial charge on any atom is -0.493 e. The lowest BCUT2D eigenvalue weighted by molar-refractivity contribution is -0.119. The van der Waals surface area contributed by atoms with Gasteiger partial charge in [-0.2, -0.15) is 0 Å². The molecule has 2 aromatic rings. The number of nitrogens with zero attached hydrogens (tertiary/aromatic N) is 2. The van der Waals surface area contributed by atoms with Crippen LogP contribution in [0.15, 0.2) is 42.5 Å². The number of rotatable bonds is 6. The molecule has 0 fully saturated rings. The highest BCUT2D eigenvalue weighted by molar-refractivity contribution is 6.06. The van der Waals surface area contributed by atoms with Crippen LogP contribution in [-0.4, -0.2) is 55.5 Å². The van der Waals surface area contributed by atoms with Crippen LogP contribution in [0.25, 0.3) is 0 Å². The standard InChI is InChI=1S/C24H29N3O5/c1-15(2)32-20-11-10-17(13-21(20)31-5)24(30)26(4)14-23(29)27-16(3)12-22(28)25-18-8-6-7-9-19(18)27/h6-11,13,15-16H,12,14H2,1-5H3,(H,25,28)/t16-/m1/s1. The summed E-state index contributed by atoms with van der Waals surface area (Å²) in [5, 5.41) is 2.83. The van der Waals surface area contributed by atoms with E-state index in [4.69, 9.17) is 9.47 Å². The van der Waals surface area contributed by atoms with Crippen LogP contribution in [0.4, 0.5) is 11.4 Å². The van der Waals surface area contributed by atoms with E-state index in [0.717, 1.165) is 0 Å². The van der Waals surface area contributed by atoms with Crippen LogP contribution in [0.3, 0.4) is 0 Å². The van der Waals surface area contributed by atoms with Crippen LogP contribution < -0.4 is 19.7 Å². The first-order valence-electron chi connectivity index (χ1n) is 10.5. The topological polar surface area (TPSA) is 88.2 Å². The van der Waals surface area contributed by atoms with Gasteiger partial charge in [-0.3, -0.25) is 14.4 Å². The minimum atomic E-state index is -0.345. The average molecular weight is 440 g/mol. The van der Waals surface area contributed by atoms with Gasteiger partial charge in [-0.25, -0.2) is 0 Å². The Labute approximate surface area is 188 Å². The van der Waals surface area contributed by atoms with E-state index in [0.29, 0.717) is 28.4 Å². The summed E-state index contributed by atoms with van der Waals surface area (Å²) in [4.78, 5) is 41.3. The van der Waals surface area contributed by atoms with Gasteiger partial charge in [-0.05, 0) is 51.1 Å². The van der Waals surface area contributed by atoms with Crippen LogP contribution in [0.5, 0.6) is 11.5 Å². The molecule has 1 N–H and O–H groups in total. The van der Waals surface area contributed by atoms with Crippen LogP contribution >= 0.6 is 0 Å². The first-order chi connectivity index (χ1) is 15.2. The predicted octanol–water partition coefficient (Wildman–Crippen LogP) is 3.32. The molecule has 0 aromatic heterocycles. The molecule has 3 amide bonds. The van der Waals surface area contributed by atoms with Crippen molar-refractivity contribution in [1.82, 2.24) is 4.90 Å². The van der Waals surface area contributed by atoms with Gasteiger partial charge in [0.2, 0.25) is 11.8 Å². The van der Waals surface area contributed by atoms with Crippen molar-refractivity contribution in [3.05, 3.63) is 48.0 Å². The number of para-hydroxylation sites is 2. The van der Waals surface area contributed by atoms with E-state index >= 15 is 0 Å². The molecular weight excluding hydrogens is 410 g/mol. The number of hydrogen-bond acceptors (Lipinski definition) is 5. The molecule has 0 spiro atoms. The highest BCUT2D eigenvalue weighted by Crippen LogP contribution is 2.32. The quantitative estimate of drug-likeness (QED) is 0.746. The summed E-state index contributed by atoms with van der Waals surface area (Å²) in [5.41, 5.74) is 1.58. The van der Waals surface area contributed by atoms with E-state index in [1.54, 1.807) is 48.3 Å². The molecule has 2 aromatic carbocycles. The third-order valence-electron chi connectivity index (χ3n) is 5.12. The molecule has 8 heteroatoms. The SMILES string of the molecule is COc1cc(C(=O)N(C)CC(=O)N2c3ccccc3NC(=O)C[C@H]2C)ccc1OC(C)C. The molecule has 32 heavy (non-hydrogen) atoms. The molecule has 0 bridgehead atoms. The first kappa shape index (κ1) is 23.1. The summed E-state index contributed by atoms with van der Waals surface area (Å²) in [6, 6.07) is 11.7. The number of fused-ring (bicyclic) bond motifs is 1. The fourth-order valence-corrected chi connectivity index (χ4v) is 3.69. The molecular formula is C24H29N3O5. The van der Waals surface area contributed by atoms with Gasteiger partial charge in [0.1, 0.15) is 6.54 Å². The smallest absolute Gasteiger partial charge is 0.254 e. The number of carbonyl (C=O) groups excluding carboxylic acids is 3. The normalized spacial score (nSPS) is 15.5. The maximum Gasteiger partial charge on any atom is 0.254 e. The number of nitrogens with one attached hydrogen (secondary N) is 1. The predicted molar refractivity (Wildman–Crippen MR) is 122 cm³/mol. The van der Waals surface area contributed by atoms with Crippen molar-refractivity contribution in [3.8, 4) is 11.5 Å². The van der Waals surface area contributed by atoms with Gasteiger partial charge in [0, 0.05) is 25.1 Å². The van der Waals surface area contributed by atoms with Crippen molar-refractivity contribution < 1.29 is 23.9 Å². The van der Waals surface area contributed by atoms with Gasteiger partial charge in [0.25, 0.3) is 5.91 Å². The molecule has 0 saturated carbocycles. The van der Waals surface area contributed by atoms with E-state index < -0.39 is 0 Å². The molecule has 8 nitrogen and oxygen atoms in total. The summed E-state index contributed by atoms with van der Waals surface area (Å²) in [6.07, 6.45) is 0.137. The monoisotopic (exact) mass is 439 g/mol. The molecule has 1 aliphatic rings. The molecule has 170 valence electrons. The van der Waals surface area contributed by atoms with Crippen LogP contribution in [0, 0.1) is 0 Å². The summed E-state index contributed by atoms with van der Waals surface area (Å²) >= 11 is 0. The Kier molecular flexibility index (Phi) is 7.02. The van der Waals surface area contributed by atoms with Gasteiger partial charge < -0.3 is 24.6 Å². The largest absolute Gasteiger partial charge is 0.493 e. The second-order valence-corrected chi connectivity index (χ2v) is 8.08. The van der Waals surface area contributed by atoms with Crippen molar-refractivity contribution in [3.63, 3.8) is 0 Å². The highest BCUT2D eigenvalue weighted by Gasteiger charge is 2.30. The molecule has 3 rings (SSSR count).